The Labute approximate surface area is 119 Å². The summed E-state index contributed by atoms with van der Waals surface area (Å²) in [5.74, 6) is 0.839. The highest BCUT2D eigenvalue weighted by Crippen LogP contribution is 2.42. The molecule has 0 amide bonds. The third-order valence-electron chi connectivity index (χ3n) is 3.43. The zero-order chi connectivity index (χ0) is 11.4. The van der Waals surface area contributed by atoms with Gasteiger partial charge in [-0.05, 0) is 46.8 Å². The summed E-state index contributed by atoms with van der Waals surface area (Å²) in [6.45, 7) is 0. The SMILES string of the molecule is Brc1ccc(C(Br)C2CCCCCCC2)s1. The summed E-state index contributed by atoms with van der Waals surface area (Å²) in [5, 5.41) is 0. The van der Waals surface area contributed by atoms with Gasteiger partial charge in [0.05, 0.1) is 8.61 Å². The maximum atomic E-state index is 3.91. The lowest BCUT2D eigenvalue weighted by atomic mass is 9.88. The second-order valence-electron chi connectivity index (χ2n) is 4.65. The molecule has 1 unspecified atom stereocenters. The van der Waals surface area contributed by atoms with Crippen LogP contribution in [0.1, 0.15) is 54.7 Å². The number of hydrogen-bond donors (Lipinski definition) is 0. The number of thiophene rings is 1. The van der Waals surface area contributed by atoms with Crippen molar-refractivity contribution in [3.63, 3.8) is 0 Å². The first-order chi connectivity index (χ1) is 7.77. The van der Waals surface area contributed by atoms with E-state index in [1.807, 2.05) is 11.3 Å². The summed E-state index contributed by atoms with van der Waals surface area (Å²) < 4.78 is 1.25. The Balaban J connectivity index is 1.98. The molecule has 0 spiro atoms. The van der Waals surface area contributed by atoms with Crippen molar-refractivity contribution in [2.24, 2.45) is 5.92 Å². The molecule has 0 N–H and O–H groups in total. The summed E-state index contributed by atoms with van der Waals surface area (Å²) in [5.41, 5.74) is 0. The molecule has 0 bridgehead atoms. The fourth-order valence-electron chi connectivity index (χ4n) is 2.49. The Morgan fingerprint density at radius 2 is 1.69 bits per heavy atom. The van der Waals surface area contributed by atoms with E-state index < -0.39 is 0 Å². The second-order valence-corrected chi connectivity index (χ2v) is 8.13. The third-order valence-corrected chi connectivity index (χ3v) is 6.68. The van der Waals surface area contributed by atoms with Crippen molar-refractivity contribution in [1.82, 2.24) is 0 Å². The molecule has 1 aliphatic carbocycles. The first-order valence-electron chi connectivity index (χ1n) is 6.16. The Morgan fingerprint density at radius 3 is 2.25 bits per heavy atom. The maximum Gasteiger partial charge on any atom is 0.0701 e. The normalized spacial score (nSPS) is 21.4. The molecule has 0 aliphatic heterocycles. The standard InChI is InChI=1S/C13H18Br2S/c14-12-9-8-11(16-12)13(15)10-6-4-2-1-3-5-7-10/h8-10,13H,1-7H2. The quantitative estimate of drug-likeness (QED) is 0.539. The molecule has 0 saturated heterocycles. The number of alkyl halides is 1. The molecule has 0 radical (unpaired) electrons. The van der Waals surface area contributed by atoms with Crippen molar-refractivity contribution in [3.05, 3.63) is 20.8 Å². The average Bonchev–Trinajstić information content (AvgIpc) is 2.63. The summed E-state index contributed by atoms with van der Waals surface area (Å²) in [4.78, 5) is 2.05. The molecule has 1 aliphatic rings. The molecule has 1 saturated carbocycles. The third kappa shape index (κ3) is 3.58. The van der Waals surface area contributed by atoms with Crippen LogP contribution in [0, 0.1) is 5.92 Å². The Morgan fingerprint density at radius 1 is 1.06 bits per heavy atom. The molecular formula is C13H18Br2S. The summed E-state index contributed by atoms with van der Waals surface area (Å²) in [6.07, 6.45) is 9.94. The van der Waals surface area contributed by atoms with Crippen LogP contribution < -0.4 is 0 Å². The molecule has 0 aromatic carbocycles. The van der Waals surface area contributed by atoms with Gasteiger partial charge in [-0.2, -0.15) is 0 Å². The van der Waals surface area contributed by atoms with E-state index in [1.165, 1.54) is 53.6 Å². The van der Waals surface area contributed by atoms with Gasteiger partial charge in [0.25, 0.3) is 0 Å². The van der Waals surface area contributed by atoms with E-state index in [1.54, 1.807) is 0 Å². The lowest BCUT2D eigenvalue weighted by Crippen LogP contribution is -2.09. The second kappa shape index (κ2) is 6.55. The number of halogens is 2. The molecule has 1 aromatic heterocycles. The molecule has 3 heteroatoms. The van der Waals surface area contributed by atoms with Crippen LogP contribution >= 0.6 is 43.2 Å². The van der Waals surface area contributed by atoms with Crippen molar-refractivity contribution in [3.8, 4) is 0 Å². The predicted molar refractivity (Wildman–Crippen MR) is 79.5 cm³/mol. The highest BCUT2D eigenvalue weighted by molar-refractivity contribution is 9.11. The van der Waals surface area contributed by atoms with Gasteiger partial charge in [0.15, 0.2) is 0 Å². The van der Waals surface area contributed by atoms with Crippen LogP contribution in [0.15, 0.2) is 15.9 Å². The van der Waals surface area contributed by atoms with Gasteiger partial charge in [-0.25, -0.2) is 0 Å². The zero-order valence-corrected chi connectivity index (χ0v) is 13.4. The minimum Gasteiger partial charge on any atom is -0.132 e. The van der Waals surface area contributed by atoms with E-state index in [0.29, 0.717) is 4.83 Å². The van der Waals surface area contributed by atoms with Gasteiger partial charge in [-0.1, -0.05) is 48.0 Å². The molecule has 0 nitrogen and oxygen atoms in total. The monoisotopic (exact) mass is 364 g/mol. The van der Waals surface area contributed by atoms with Gasteiger partial charge >= 0.3 is 0 Å². The average molecular weight is 366 g/mol. The number of rotatable bonds is 2. The van der Waals surface area contributed by atoms with E-state index in [9.17, 15) is 0 Å². The first-order valence-corrected chi connectivity index (χ1v) is 8.69. The van der Waals surface area contributed by atoms with E-state index in [2.05, 4.69) is 44.0 Å². The van der Waals surface area contributed by atoms with E-state index in [4.69, 9.17) is 0 Å². The van der Waals surface area contributed by atoms with E-state index >= 15 is 0 Å². The topological polar surface area (TPSA) is 0 Å². The lowest BCUT2D eigenvalue weighted by Gasteiger charge is -2.23. The Hall–Kier alpha value is 0.660. The largest absolute Gasteiger partial charge is 0.132 e. The fourth-order valence-corrected chi connectivity index (χ4v) is 4.95. The molecule has 1 heterocycles. The molecule has 16 heavy (non-hydrogen) atoms. The Bertz CT molecular complexity index is 313. The predicted octanol–water partition coefficient (Wildman–Crippen LogP) is 6.31. The molecule has 1 atom stereocenters. The van der Waals surface area contributed by atoms with Gasteiger partial charge < -0.3 is 0 Å². The van der Waals surface area contributed by atoms with Crippen LogP contribution in [0.2, 0.25) is 0 Å². The first kappa shape index (κ1) is 13.1. The molecule has 1 aromatic rings. The molecular weight excluding hydrogens is 348 g/mol. The smallest absolute Gasteiger partial charge is 0.0701 e. The van der Waals surface area contributed by atoms with Crippen LogP contribution in [0.25, 0.3) is 0 Å². The van der Waals surface area contributed by atoms with Crippen molar-refractivity contribution < 1.29 is 0 Å². The van der Waals surface area contributed by atoms with Crippen LogP contribution in [-0.4, -0.2) is 0 Å². The molecule has 90 valence electrons. The van der Waals surface area contributed by atoms with Gasteiger partial charge in [-0.15, -0.1) is 11.3 Å². The molecule has 1 fully saturated rings. The van der Waals surface area contributed by atoms with Crippen molar-refractivity contribution in [1.29, 1.82) is 0 Å². The minimum atomic E-state index is 0.571. The van der Waals surface area contributed by atoms with Crippen LogP contribution in [0.4, 0.5) is 0 Å². The van der Waals surface area contributed by atoms with Crippen LogP contribution in [-0.2, 0) is 0 Å². The van der Waals surface area contributed by atoms with Crippen molar-refractivity contribution >= 4 is 43.2 Å². The highest BCUT2D eigenvalue weighted by atomic mass is 79.9. The van der Waals surface area contributed by atoms with Crippen LogP contribution in [0.3, 0.4) is 0 Å². The highest BCUT2D eigenvalue weighted by Gasteiger charge is 2.22. The zero-order valence-electron chi connectivity index (χ0n) is 9.42. The molecule has 2 rings (SSSR count). The fraction of sp³-hybridized carbons (Fsp3) is 0.692. The van der Waals surface area contributed by atoms with Gasteiger partial charge in [0, 0.05) is 4.88 Å². The van der Waals surface area contributed by atoms with E-state index in [0.717, 1.165) is 5.92 Å². The number of hydrogen-bond acceptors (Lipinski definition) is 1. The summed E-state index contributed by atoms with van der Waals surface area (Å²) >= 11 is 9.33. The van der Waals surface area contributed by atoms with Gasteiger partial charge in [-0.3, -0.25) is 0 Å². The lowest BCUT2D eigenvalue weighted by molar-refractivity contribution is 0.376. The van der Waals surface area contributed by atoms with Crippen molar-refractivity contribution in [2.45, 2.75) is 49.8 Å². The van der Waals surface area contributed by atoms with Crippen molar-refractivity contribution in [2.75, 3.05) is 0 Å². The summed E-state index contributed by atoms with van der Waals surface area (Å²) in [6, 6.07) is 4.42. The summed E-state index contributed by atoms with van der Waals surface area (Å²) in [7, 11) is 0. The van der Waals surface area contributed by atoms with E-state index in [-0.39, 0.29) is 0 Å². The minimum absolute atomic E-state index is 0.571. The van der Waals surface area contributed by atoms with Gasteiger partial charge in [0.2, 0.25) is 0 Å². The van der Waals surface area contributed by atoms with Gasteiger partial charge in [0.1, 0.15) is 0 Å². The van der Waals surface area contributed by atoms with Crippen LogP contribution in [0.5, 0.6) is 0 Å². The maximum absolute atomic E-state index is 3.91. The Kier molecular flexibility index (Phi) is 5.37.